The van der Waals surface area contributed by atoms with Crippen LogP contribution in [0.25, 0.3) is 0 Å². The summed E-state index contributed by atoms with van der Waals surface area (Å²) in [4.78, 5) is 4.00. The molecule has 2 rings (SSSR count). The van der Waals surface area contributed by atoms with Gasteiger partial charge in [0.05, 0.1) is 13.7 Å². The number of rotatable bonds is 7. The van der Waals surface area contributed by atoms with Gasteiger partial charge in [0.25, 0.3) is 0 Å². The Bertz CT molecular complexity index is 529. The molecule has 0 aliphatic carbocycles. The van der Waals surface area contributed by atoms with Crippen LogP contribution in [0.4, 0.5) is 0 Å². The molecule has 1 aromatic carbocycles. The van der Waals surface area contributed by atoms with E-state index in [2.05, 4.69) is 4.98 Å². The van der Waals surface area contributed by atoms with Gasteiger partial charge in [0.15, 0.2) is 0 Å². The molecular formula is C16H20N2O2. The topological polar surface area (TPSA) is 57.4 Å². The highest BCUT2D eigenvalue weighted by Crippen LogP contribution is 2.24. The number of methoxy groups -OCH3 is 1. The number of pyridine rings is 1. The third-order valence-electron chi connectivity index (χ3n) is 3.08. The Morgan fingerprint density at radius 1 is 1.10 bits per heavy atom. The van der Waals surface area contributed by atoms with Crippen LogP contribution in [0, 0.1) is 0 Å². The molecule has 0 saturated carbocycles. The zero-order chi connectivity index (χ0) is 14.2. The molecule has 0 spiro atoms. The summed E-state index contributed by atoms with van der Waals surface area (Å²) in [6.45, 7) is 1.22. The van der Waals surface area contributed by atoms with Crippen LogP contribution in [-0.2, 0) is 12.8 Å². The van der Waals surface area contributed by atoms with E-state index in [0.29, 0.717) is 13.2 Å². The molecule has 0 bridgehead atoms. The van der Waals surface area contributed by atoms with Crippen LogP contribution < -0.4 is 15.2 Å². The number of aromatic nitrogens is 1. The van der Waals surface area contributed by atoms with Crippen molar-refractivity contribution in [2.24, 2.45) is 5.73 Å². The molecule has 0 aliphatic rings. The fraction of sp³-hybridized carbons (Fsp3) is 0.312. The van der Waals surface area contributed by atoms with Gasteiger partial charge in [-0.15, -0.1) is 0 Å². The lowest BCUT2D eigenvalue weighted by Gasteiger charge is -2.12. The molecule has 2 aromatic rings. The Hall–Kier alpha value is -2.07. The van der Waals surface area contributed by atoms with Gasteiger partial charge in [-0.25, -0.2) is 0 Å². The van der Waals surface area contributed by atoms with Gasteiger partial charge in [0.2, 0.25) is 0 Å². The number of nitrogens with zero attached hydrogens (tertiary/aromatic N) is 1. The normalized spacial score (nSPS) is 10.3. The van der Waals surface area contributed by atoms with E-state index in [4.69, 9.17) is 15.2 Å². The van der Waals surface area contributed by atoms with Crippen molar-refractivity contribution in [2.45, 2.75) is 12.8 Å². The molecule has 0 unspecified atom stereocenters. The van der Waals surface area contributed by atoms with Gasteiger partial charge in [-0.3, -0.25) is 4.98 Å². The molecule has 0 radical (unpaired) electrons. The first-order valence-corrected chi connectivity index (χ1v) is 6.72. The molecule has 20 heavy (non-hydrogen) atoms. The SMILES string of the molecule is COc1ccc(OCCc2ccncc2)c(CCN)c1. The van der Waals surface area contributed by atoms with E-state index >= 15 is 0 Å². The molecule has 2 N–H and O–H groups in total. The zero-order valence-corrected chi connectivity index (χ0v) is 11.7. The molecule has 4 nitrogen and oxygen atoms in total. The Balaban J connectivity index is 1.98. The summed E-state index contributed by atoms with van der Waals surface area (Å²) >= 11 is 0. The van der Waals surface area contributed by atoms with E-state index < -0.39 is 0 Å². The van der Waals surface area contributed by atoms with Crippen LogP contribution in [-0.4, -0.2) is 25.2 Å². The predicted molar refractivity (Wildman–Crippen MR) is 79.2 cm³/mol. The van der Waals surface area contributed by atoms with Gasteiger partial charge in [0, 0.05) is 18.8 Å². The van der Waals surface area contributed by atoms with Gasteiger partial charge in [-0.05, 0) is 54.4 Å². The maximum atomic E-state index is 5.86. The summed E-state index contributed by atoms with van der Waals surface area (Å²) in [5.74, 6) is 1.71. The molecular weight excluding hydrogens is 252 g/mol. The third-order valence-corrected chi connectivity index (χ3v) is 3.08. The minimum atomic E-state index is 0.591. The lowest BCUT2D eigenvalue weighted by molar-refractivity contribution is 0.317. The molecule has 0 aliphatic heterocycles. The van der Waals surface area contributed by atoms with Gasteiger partial charge in [0.1, 0.15) is 11.5 Å². The van der Waals surface area contributed by atoms with Gasteiger partial charge in [-0.1, -0.05) is 0 Å². The predicted octanol–water partition coefficient (Wildman–Crippen LogP) is 2.21. The smallest absolute Gasteiger partial charge is 0.122 e. The van der Waals surface area contributed by atoms with E-state index in [1.807, 2.05) is 30.3 Å². The summed E-state index contributed by atoms with van der Waals surface area (Å²) in [5.41, 5.74) is 7.94. The summed E-state index contributed by atoms with van der Waals surface area (Å²) in [6, 6.07) is 9.82. The number of ether oxygens (including phenoxy) is 2. The van der Waals surface area contributed by atoms with Crippen molar-refractivity contribution in [3.63, 3.8) is 0 Å². The quantitative estimate of drug-likeness (QED) is 0.839. The average molecular weight is 272 g/mol. The summed E-state index contributed by atoms with van der Waals surface area (Å²) in [6.07, 6.45) is 5.23. The van der Waals surface area contributed by atoms with Gasteiger partial charge >= 0.3 is 0 Å². The highest BCUT2D eigenvalue weighted by atomic mass is 16.5. The Kier molecular flexibility index (Phi) is 5.38. The fourth-order valence-corrected chi connectivity index (χ4v) is 2.00. The number of benzene rings is 1. The fourth-order valence-electron chi connectivity index (χ4n) is 2.00. The monoisotopic (exact) mass is 272 g/mol. The van der Waals surface area contributed by atoms with Crippen molar-refractivity contribution in [1.82, 2.24) is 4.98 Å². The number of nitrogens with two attached hydrogens (primary N) is 1. The van der Waals surface area contributed by atoms with Crippen LogP contribution in [0.2, 0.25) is 0 Å². The maximum Gasteiger partial charge on any atom is 0.122 e. The van der Waals surface area contributed by atoms with Crippen LogP contribution in [0.15, 0.2) is 42.7 Å². The van der Waals surface area contributed by atoms with Crippen molar-refractivity contribution >= 4 is 0 Å². The Morgan fingerprint density at radius 3 is 2.60 bits per heavy atom. The van der Waals surface area contributed by atoms with E-state index in [1.165, 1.54) is 5.56 Å². The lowest BCUT2D eigenvalue weighted by atomic mass is 10.1. The molecule has 1 heterocycles. The number of hydrogen-bond acceptors (Lipinski definition) is 4. The summed E-state index contributed by atoms with van der Waals surface area (Å²) < 4.78 is 11.1. The largest absolute Gasteiger partial charge is 0.497 e. The molecule has 4 heteroatoms. The van der Waals surface area contributed by atoms with E-state index in [9.17, 15) is 0 Å². The summed E-state index contributed by atoms with van der Waals surface area (Å²) in [5, 5.41) is 0. The minimum absolute atomic E-state index is 0.591. The van der Waals surface area contributed by atoms with Crippen molar-refractivity contribution in [3.05, 3.63) is 53.9 Å². The molecule has 106 valence electrons. The average Bonchev–Trinajstić information content (AvgIpc) is 2.50. The van der Waals surface area contributed by atoms with E-state index in [0.717, 1.165) is 29.9 Å². The Morgan fingerprint density at radius 2 is 1.90 bits per heavy atom. The van der Waals surface area contributed by atoms with Crippen molar-refractivity contribution in [1.29, 1.82) is 0 Å². The van der Waals surface area contributed by atoms with Gasteiger partial charge in [-0.2, -0.15) is 0 Å². The van der Waals surface area contributed by atoms with Crippen molar-refractivity contribution < 1.29 is 9.47 Å². The van der Waals surface area contributed by atoms with Crippen LogP contribution in [0.5, 0.6) is 11.5 Å². The highest BCUT2D eigenvalue weighted by molar-refractivity contribution is 5.40. The first kappa shape index (κ1) is 14.3. The van der Waals surface area contributed by atoms with Gasteiger partial charge < -0.3 is 15.2 Å². The second kappa shape index (κ2) is 7.50. The molecule has 0 saturated heterocycles. The maximum absolute atomic E-state index is 5.86. The zero-order valence-electron chi connectivity index (χ0n) is 11.7. The van der Waals surface area contributed by atoms with Crippen molar-refractivity contribution in [3.8, 4) is 11.5 Å². The highest BCUT2D eigenvalue weighted by Gasteiger charge is 2.05. The first-order valence-electron chi connectivity index (χ1n) is 6.72. The second-order valence-corrected chi connectivity index (χ2v) is 4.47. The van der Waals surface area contributed by atoms with Crippen LogP contribution in [0.1, 0.15) is 11.1 Å². The molecule has 1 aromatic heterocycles. The molecule has 0 atom stereocenters. The summed E-state index contributed by atoms with van der Waals surface area (Å²) in [7, 11) is 1.66. The minimum Gasteiger partial charge on any atom is -0.497 e. The molecule has 0 amide bonds. The van der Waals surface area contributed by atoms with E-state index in [1.54, 1.807) is 19.5 Å². The third kappa shape index (κ3) is 3.96. The van der Waals surface area contributed by atoms with Crippen LogP contribution in [0.3, 0.4) is 0 Å². The standard InChI is InChI=1S/C16H20N2O2/c1-19-15-2-3-16(14(12-15)4-8-17)20-11-7-13-5-9-18-10-6-13/h2-3,5-6,9-10,12H,4,7-8,11,17H2,1H3. The van der Waals surface area contributed by atoms with Crippen molar-refractivity contribution in [2.75, 3.05) is 20.3 Å². The Labute approximate surface area is 119 Å². The lowest BCUT2D eigenvalue weighted by Crippen LogP contribution is -2.07. The second-order valence-electron chi connectivity index (χ2n) is 4.47. The van der Waals surface area contributed by atoms with E-state index in [-0.39, 0.29) is 0 Å². The first-order chi connectivity index (χ1) is 9.83. The number of hydrogen-bond donors (Lipinski definition) is 1. The molecule has 0 fully saturated rings. The van der Waals surface area contributed by atoms with Crippen LogP contribution >= 0.6 is 0 Å².